The van der Waals surface area contributed by atoms with Crippen molar-refractivity contribution in [3.8, 4) is 0 Å². The second kappa shape index (κ2) is 7.04. The molecular formula is C16H14F3NO3S. The normalized spacial score (nSPS) is 12.7. The first-order valence-electron chi connectivity index (χ1n) is 6.91. The zero-order valence-corrected chi connectivity index (χ0v) is 13.4. The lowest BCUT2D eigenvalue weighted by Gasteiger charge is -2.14. The van der Waals surface area contributed by atoms with Gasteiger partial charge in [0.15, 0.2) is 9.84 Å². The fourth-order valence-electron chi connectivity index (χ4n) is 1.95. The van der Waals surface area contributed by atoms with Crippen molar-refractivity contribution in [3.05, 3.63) is 65.5 Å². The van der Waals surface area contributed by atoms with Gasteiger partial charge in [0.05, 0.1) is 11.4 Å². The molecule has 128 valence electrons. The molecule has 1 unspecified atom stereocenters. The summed E-state index contributed by atoms with van der Waals surface area (Å²) in [7, 11) is -4.05. The summed E-state index contributed by atoms with van der Waals surface area (Å²) < 4.78 is 64.6. The van der Waals surface area contributed by atoms with Gasteiger partial charge in [-0.25, -0.2) is 21.6 Å². The molecule has 0 heterocycles. The van der Waals surface area contributed by atoms with Crippen LogP contribution in [-0.4, -0.2) is 19.6 Å². The minimum absolute atomic E-state index is 0.0749. The van der Waals surface area contributed by atoms with E-state index in [0.29, 0.717) is 0 Å². The van der Waals surface area contributed by atoms with Crippen LogP contribution in [0.4, 0.5) is 18.9 Å². The van der Waals surface area contributed by atoms with Crippen LogP contribution in [0.2, 0.25) is 0 Å². The zero-order valence-electron chi connectivity index (χ0n) is 12.6. The van der Waals surface area contributed by atoms with E-state index in [1.165, 1.54) is 18.2 Å². The van der Waals surface area contributed by atoms with E-state index in [1.807, 2.05) is 5.32 Å². The van der Waals surface area contributed by atoms with E-state index in [-0.39, 0.29) is 5.56 Å². The smallest absolute Gasteiger partial charge is 0.242 e. The van der Waals surface area contributed by atoms with Crippen molar-refractivity contribution in [2.45, 2.75) is 17.9 Å². The third-order valence-corrected chi connectivity index (χ3v) is 5.41. The van der Waals surface area contributed by atoms with Gasteiger partial charge in [-0.05, 0) is 25.1 Å². The fourth-order valence-corrected chi connectivity index (χ4v) is 3.25. The maximum atomic E-state index is 13.6. The Morgan fingerprint density at radius 3 is 2.42 bits per heavy atom. The molecule has 2 rings (SSSR count). The summed E-state index contributed by atoms with van der Waals surface area (Å²) in [6.45, 7) is 1.10. The number of carbonyl (C=O) groups excluding carboxylic acids is 1. The van der Waals surface area contributed by atoms with Crippen LogP contribution in [0.1, 0.15) is 12.5 Å². The Kier molecular flexibility index (Phi) is 5.28. The molecular weight excluding hydrogens is 343 g/mol. The van der Waals surface area contributed by atoms with Gasteiger partial charge >= 0.3 is 0 Å². The maximum Gasteiger partial charge on any atom is 0.242 e. The molecule has 1 atom stereocenters. The minimum Gasteiger partial charge on any atom is -0.322 e. The first-order chi connectivity index (χ1) is 11.2. The van der Waals surface area contributed by atoms with Crippen LogP contribution in [0, 0.1) is 17.5 Å². The molecule has 2 aromatic carbocycles. The lowest BCUT2D eigenvalue weighted by molar-refractivity contribution is -0.115. The van der Waals surface area contributed by atoms with E-state index >= 15 is 0 Å². The molecule has 24 heavy (non-hydrogen) atoms. The number of halogens is 3. The van der Waals surface area contributed by atoms with Gasteiger partial charge in [-0.3, -0.25) is 4.79 Å². The highest BCUT2D eigenvalue weighted by Gasteiger charge is 2.29. The minimum atomic E-state index is -4.05. The van der Waals surface area contributed by atoms with E-state index in [4.69, 9.17) is 0 Å². The largest absolute Gasteiger partial charge is 0.322 e. The molecule has 0 aliphatic rings. The van der Waals surface area contributed by atoms with E-state index < -0.39 is 49.9 Å². The molecule has 0 bridgehead atoms. The molecule has 1 N–H and O–H groups in total. The summed E-state index contributed by atoms with van der Waals surface area (Å²) in [6.07, 6.45) is 0. The first-order valence-corrected chi connectivity index (χ1v) is 8.63. The Bertz CT molecular complexity index is 869. The summed E-state index contributed by atoms with van der Waals surface area (Å²) in [6, 6.07) is 7.70. The second-order valence-corrected chi connectivity index (χ2v) is 7.48. The number of anilines is 1. The highest BCUT2D eigenvalue weighted by molar-refractivity contribution is 7.92. The highest BCUT2D eigenvalue weighted by atomic mass is 32.2. The Morgan fingerprint density at radius 1 is 1.08 bits per heavy atom. The molecule has 0 radical (unpaired) electrons. The summed E-state index contributed by atoms with van der Waals surface area (Å²) in [5.41, 5.74) is -0.540. The standard InChI is InChI=1S/C16H14F3NO3S/c1-10(16(21)20-15-8-12(17)6-7-14(15)19)24(22,23)9-11-4-2-3-5-13(11)18/h2-8,10H,9H2,1H3,(H,20,21). The van der Waals surface area contributed by atoms with Crippen molar-refractivity contribution in [2.24, 2.45) is 0 Å². The average Bonchev–Trinajstić information content (AvgIpc) is 2.52. The zero-order chi connectivity index (χ0) is 17.9. The molecule has 0 aliphatic carbocycles. The van der Waals surface area contributed by atoms with E-state index in [1.54, 1.807) is 0 Å². The molecule has 0 saturated heterocycles. The lowest BCUT2D eigenvalue weighted by Crippen LogP contribution is -2.33. The number of hydrogen-bond donors (Lipinski definition) is 1. The SMILES string of the molecule is CC(C(=O)Nc1cc(F)ccc1F)S(=O)(=O)Cc1ccccc1F. The molecule has 0 aromatic heterocycles. The van der Waals surface area contributed by atoms with Gasteiger partial charge in [-0.2, -0.15) is 0 Å². The molecule has 0 saturated carbocycles. The van der Waals surface area contributed by atoms with Crippen LogP contribution < -0.4 is 5.32 Å². The summed E-state index contributed by atoms with van der Waals surface area (Å²) in [5.74, 6) is -4.10. The number of rotatable bonds is 5. The third-order valence-electron chi connectivity index (χ3n) is 3.41. The van der Waals surface area contributed by atoms with E-state index in [9.17, 15) is 26.4 Å². The molecule has 8 heteroatoms. The van der Waals surface area contributed by atoms with Gasteiger partial charge in [-0.1, -0.05) is 18.2 Å². The van der Waals surface area contributed by atoms with Gasteiger partial charge in [0, 0.05) is 11.6 Å². The van der Waals surface area contributed by atoms with Gasteiger partial charge < -0.3 is 5.32 Å². The Hall–Kier alpha value is -2.35. The Labute approximate surface area is 137 Å². The van der Waals surface area contributed by atoms with Crippen molar-refractivity contribution in [2.75, 3.05) is 5.32 Å². The number of hydrogen-bond acceptors (Lipinski definition) is 3. The first kappa shape index (κ1) is 18.0. The van der Waals surface area contributed by atoms with Gasteiger partial charge in [0.25, 0.3) is 0 Å². The van der Waals surface area contributed by atoms with Crippen LogP contribution in [0.5, 0.6) is 0 Å². The average molecular weight is 357 g/mol. The third kappa shape index (κ3) is 4.14. The second-order valence-electron chi connectivity index (χ2n) is 5.15. The summed E-state index contributed by atoms with van der Waals surface area (Å²) in [5, 5.41) is 0.461. The van der Waals surface area contributed by atoms with E-state index in [0.717, 1.165) is 31.2 Å². The van der Waals surface area contributed by atoms with Gasteiger partial charge in [0.2, 0.25) is 5.91 Å². The number of nitrogens with one attached hydrogen (secondary N) is 1. The van der Waals surface area contributed by atoms with Crippen molar-refractivity contribution in [1.82, 2.24) is 0 Å². The number of carbonyl (C=O) groups is 1. The van der Waals surface area contributed by atoms with Crippen molar-refractivity contribution >= 4 is 21.4 Å². The molecule has 0 aliphatic heterocycles. The fraction of sp³-hybridized carbons (Fsp3) is 0.188. The van der Waals surface area contributed by atoms with Gasteiger partial charge in [0.1, 0.15) is 22.7 Å². The van der Waals surface area contributed by atoms with Crippen LogP contribution in [0.3, 0.4) is 0 Å². The van der Waals surface area contributed by atoms with Crippen molar-refractivity contribution in [1.29, 1.82) is 0 Å². The topological polar surface area (TPSA) is 63.2 Å². The number of sulfone groups is 1. The van der Waals surface area contributed by atoms with Gasteiger partial charge in [-0.15, -0.1) is 0 Å². The highest BCUT2D eigenvalue weighted by Crippen LogP contribution is 2.18. The van der Waals surface area contributed by atoms with E-state index in [2.05, 4.69) is 0 Å². The van der Waals surface area contributed by atoms with Crippen LogP contribution in [-0.2, 0) is 20.4 Å². The predicted octanol–water partition coefficient (Wildman–Crippen LogP) is 3.05. The van der Waals surface area contributed by atoms with Crippen LogP contribution in [0.15, 0.2) is 42.5 Å². The monoisotopic (exact) mass is 357 g/mol. The molecule has 2 aromatic rings. The quantitative estimate of drug-likeness (QED) is 0.895. The number of benzene rings is 2. The number of amides is 1. The van der Waals surface area contributed by atoms with Crippen molar-refractivity contribution < 1.29 is 26.4 Å². The molecule has 1 amide bonds. The van der Waals surface area contributed by atoms with Crippen molar-refractivity contribution in [3.63, 3.8) is 0 Å². The maximum absolute atomic E-state index is 13.6. The lowest BCUT2D eigenvalue weighted by atomic mass is 10.2. The molecule has 0 spiro atoms. The van der Waals surface area contributed by atoms with Crippen LogP contribution in [0.25, 0.3) is 0 Å². The summed E-state index contributed by atoms with van der Waals surface area (Å²) >= 11 is 0. The molecule has 4 nitrogen and oxygen atoms in total. The summed E-state index contributed by atoms with van der Waals surface area (Å²) in [4.78, 5) is 12.0. The van der Waals surface area contributed by atoms with Crippen LogP contribution >= 0.6 is 0 Å². The molecule has 0 fully saturated rings. The Balaban J connectivity index is 2.17. The Morgan fingerprint density at radius 2 is 1.75 bits per heavy atom. The predicted molar refractivity (Wildman–Crippen MR) is 83.5 cm³/mol.